The Morgan fingerprint density at radius 1 is 1.16 bits per heavy atom. The van der Waals surface area contributed by atoms with Gasteiger partial charge in [-0.25, -0.2) is 14.4 Å². The molecule has 0 radical (unpaired) electrons. The van der Waals surface area contributed by atoms with Gasteiger partial charge in [-0.2, -0.15) is 9.65 Å². The first kappa shape index (κ1) is 22.0. The number of rotatable bonds is 5. The van der Waals surface area contributed by atoms with Gasteiger partial charge in [0.25, 0.3) is 0 Å². The summed E-state index contributed by atoms with van der Waals surface area (Å²) >= 11 is 5.93. The summed E-state index contributed by atoms with van der Waals surface area (Å²) < 4.78 is 28.4. The number of carbonyl (C=O) groups is 1. The molecule has 0 aliphatic carbocycles. The van der Waals surface area contributed by atoms with Gasteiger partial charge in [-0.3, -0.25) is 10.1 Å². The third-order valence-electron chi connectivity index (χ3n) is 5.76. The van der Waals surface area contributed by atoms with Gasteiger partial charge in [-0.1, -0.05) is 11.6 Å². The summed E-state index contributed by atoms with van der Waals surface area (Å²) in [7, 11) is 0. The first-order valence-electron chi connectivity index (χ1n) is 10.4. The second-order valence-electron chi connectivity index (χ2n) is 7.87. The zero-order valence-electron chi connectivity index (χ0n) is 17.2. The van der Waals surface area contributed by atoms with Gasteiger partial charge in [0, 0.05) is 36.4 Å². The highest BCUT2D eigenvalue weighted by Gasteiger charge is 2.36. The van der Waals surface area contributed by atoms with Crippen LogP contribution in [0.5, 0.6) is 0 Å². The van der Waals surface area contributed by atoms with Gasteiger partial charge in [0.2, 0.25) is 11.7 Å². The number of likely N-dealkylation sites (tertiary alicyclic amines) is 1. The molecule has 0 saturated carbocycles. The molecule has 2 aliphatic heterocycles. The van der Waals surface area contributed by atoms with E-state index in [4.69, 9.17) is 16.9 Å². The standard InChI is InChI=1S/C21H22ClF2N7O/c22-13-7-14(23)9-15(8-13)29-17-4-2-6-31(21(17)32)16-3-1-5-30(10-16)20-18(24)19(26-11-25)27-12-28-20/h7-9,12,16-17,29H,1-6,10H2,(H,26,27,28). The van der Waals surface area contributed by atoms with E-state index in [2.05, 4.69) is 20.6 Å². The largest absolute Gasteiger partial charge is 0.374 e. The van der Waals surface area contributed by atoms with Crippen LogP contribution in [-0.4, -0.2) is 52.5 Å². The fourth-order valence-corrected chi connectivity index (χ4v) is 4.58. The van der Waals surface area contributed by atoms with E-state index in [1.165, 1.54) is 18.5 Å². The van der Waals surface area contributed by atoms with Crippen molar-refractivity contribution in [2.45, 2.75) is 37.8 Å². The fourth-order valence-electron chi connectivity index (χ4n) is 4.36. The van der Waals surface area contributed by atoms with Crippen molar-refractivity contribution in [1.82, 2.24) is 14.9 Å². The van der Waals surface area contributed by atoms with Gasteiger partial charge in [0.1, 0.15) is 18.2 Å². The maximum Gasteiger partial charge on any atom is 0.245 e. The van der Waals surface area contributed by atoms with E-state index in [-0.39, 0.29) is 28.6 Å². The van der Waals surface area contributed by atoms with Gasteiger partial charge in [0.15, 0.2) is 17.8 Å². The molecule has 1 aromatic carbocycles. The van der Waals surface area contributed by atoms with Crippen LogP contribution < -0.4 is 15.5 Å². The summed E-state index contributed by atoms with van der Waals surface area (Å²) in [4.78, 5) is 24.6. The third kappa shape index (κ3) is 4.67. The topological polar surface area (TPSA) is 97.2 Å². The summed E-state index contributed by atoms with van der Waals surface area (Å²) in [5.74, 6) is -1.30. The molecule has 0 spiro atoms. The van der Waals surface area contributed by atoms with E-state index in [9.17, 15) is 13.6 Å². The molecule has 3 heterocycles. The molecule has 1 amide bonds. The number of halogens is 3. The molecule has 2 N–H and O–H groups in total. The molecule has 2 aliphatic rings. The molecule has 32 heavy (non-hydrogen) atoms. The summed E-state index contributed by atoms with van der Waals surface area (Å²) in [6, 6.07) is 3.51. The smallest absolute Gasteiger partial charge is 0.245 e. The summed E-state index contributed by atoms with van der Waals surface area (Å²) in [5.41, 5.74) is 0.459. The Balaban J connectivity index is 1.48. The average Bonchev–Trinajstić information content (AvgIpc) is 2.76. The Bertz CT molecular complexity index is 1030. The van der Waals surface area contributed by atoms with E-state index < -0.39 is 17.7 Å². The number of hydrogen-bond acceptors (Lipinski definition) is 7. The van der Waals surface area contributed by atoms with Crippen LogP contribution in [0.25, 0.3) is 0 Å². The molecule has 168 valence electrons. The van der Waals surface area contributed by atoms with Crippen LogP contribution >= 0.6 is 11.6 Å². The van der Waals surface area contributed by atoms with Crippen molar-refractivity contribution in [3.8, 4) is 6.19 Å². The first-order valence-corrected chi connectivity index (χ1v) is 10.8. The SMILES string of the molecule is N#CNc1ncnc(N2CCCC(N3CCCC(Nc4cc(F)cc(Cl)c4)C3=O)C2)c1F. The van der Waals surface area contributed by atoms with Gasteiger partial charge in [0.05, 0.1) is 0 Å². The van der Waals surface area contributed by atoms with Crippen molar-refractivity contribution >= 4 is 34.8 Å². The number of anilines is 3. The molecule has 2 unspecified atom stereocenters. The van der Waals surface area contributed by atoms with Crippen LogP contribution in [0.2, 0.25) is 5.02 Å². The Morgan fingerprint density at radius 3 is 2.75 bits per heavy atom. The number of hydrogen-bond donors (Lipinski definition) is 2. The molecule has 2 saturated heterocycles. The highest BCUT2D eigenvalue weighted by Crippen LogP contribution is 2.28. The number of piperidine rings is 2. The van der Waals surface area contributed by atoms with Gasteiger partial charge >= 0.3 is 0 Å². The monoisotopic (exact) mass is 461 g/mol. The Hall–Kier alpha value is -3.19. The van der Waals surface area contributed by atoms with Crippen molar-refractivity contribution in [1.29, 1.82) is 5.26 Å². The molecule has 8 nitrogen and oxygen atoms in total. The quantitative estimate of drug-likeness (QED) is 0.520. The minimum absolute atomic E-state index is 0.0709. The van der Waals surface area contributed by atoms with Crippen LogP contribution in [0.1, 0.15) is 25.7 Å². The van der Waals surface area contributed by atoms with Crippen molar-refractivity contribution in [3.05, 3.63) is 41.2 Å². The van der Waals surface area contributed by atoms with Crippen LogP contribution in [-0.2, 0) is 4.79 Å². The van der Waals surface area contributed by atoms with Crippen molar-refractivity contribution in [2.24, 2.45) is 0 Å². The highest BCUT2D eigenvalue weighted by molar-refractivity contribution is 6.30. The van der Waals surface area contributed by atoms with Crippen LogP contribution in [0.15, 0.2) is 24.5 Å². The first-order chi connectivity index (χ1) is 15.5. The Morgan fingerprint density at radius 2 is 1.97 bits per heavy atom. The van der Waals surface area contributed by atoms with E-state index >= 15 is 0 Å². The number of aromatic nitrogens is 2. The van der Waals surface area contributed by atoms with E-state index in [0.717, 1.165) is 19.3 Å². The highest BCUT2D eigenvalue weighted by atomic mass is 35.5. The number of amides is 1. The predicted molar refractivity (Wildman–Crippen MR) is 116 cm³/mol. The number of nitrogens with one attached hydrogen (secondary N) is 2. The van der Waals surface area contributed by atoms with E-state index in [1.807, 2.05) is 4.90 Å². The second kappa shape index (κ2) is 9.53. The zero-order valence-corrected chi connectivity index (χ0v) is 17.9. The van der Waals surface area contributed by atoms with Crippen molar-refractivity contribution in [2.75, 3.05) is 35.2 Å². The zero-order chi connectivity index (χ0) is 22.7. The van der Waals surface area contributed by atoms with Crippen molar-refractivity contribution in [3.63, 3.8) is 0 Å². The summed E-state index contributed by atoms with van der Waals surface area (Å²) in [5, 5.41) is 14.3. The molecule has 4 rings (SSSR count). The molecule has 2 aromatic rings. The lowest BCUT2D eigenvalue weighted by Gasteiger charge is -2.43. The molecule has 2 fully saturated rings. The number of nitrogens with zero attached hydrogens (tertiary/aromatic N) is 5. The Kier molecular flexibility index (Phi) is 6.55. The van der Waals surface area contributed by atoms with Gasteiger partial charge < -0.3 is 15.1 Å². The minimum atomic E-state index is -0.692. The van der Waals surface area contributed by atoms with Crippen LogP contribution in [0.4, 0.5) is 26.1 Å². The third-order valence-corrected chi connectivity index (χ3v) is 5.98. The maximum atomic E-state index is 14.7. The molecule has 0 bridgehead atoms. The Labute approximate surface area is 189 Å². The summed E-state index contributed by atoms with van der Waals surface area (Å²) in [6.45, 7) is 1.61. The fraction of sp³-hybridized carbons (Fsp3) is 0.429. The van der Waals surface area contributed by atoms with E-state index in [0.29, 0.717) is 31.7 Å². The van der Waals surface area contributed by atoms with Crippen LogP contribution in [0, 0.1) is 23.1 Å². The normalized spacial score (nSPS) is 21.2. The number of carbonyl (C=O) groups excluding carboxylic acids is 1. The number of nitriles is 1. The van der Waals surface area contributed by atoms with Crippen LogP contribution in [0.3, 0.4) is 0 Å². The molecular weight excluding hydrogens is 440 g/mol. The molecule has 11 heteroatoms. The predicted octanol–water partition coefficient (Wildman–Crippen LogP) is 3.37. The maximum absolute atomic E-state index is 14.7. The minimum Gasteiger partial charge on any atom is -0.374 e. The second-order valence-corrected chi connectivity index (χ2v) is 8.30. The lowest BCUT2D eigenvalue weighted by Crippen LogP contribution is -2.56. The lowest BCUT2D eigenvalue weighted by molar-refractivity contribution is -0.137. The van der Waals surface area contributed by atoms with Gasteiger partial charge in [-0.05, 0) is 43.9 Å². The lowest BCUT2D eigenvalue weighted by atomic mass is 9.97. The molecule has 2 atom stereocenters. The number of benzene rings is 1. The van der Waals surface area contributed by atoms with Crippen molar-refractivity contribution < 1.29 is 13.6 Å². The van der Waals surface area contributed by atoms with E-state index in [1.54, 1.807) is 17.2 Å². The molecular formula is C21H22ClF2N7O. The van der Waals surface area contributed by atoms with Gasteiger partial charge in [-0.15, -0.1) is 0 Å². The molecule has 1 aromatic heterocycles. The average molecular weight is 462 g/mol. The summed E-state index contributed by atoms with van der Waals surface area (Å²) in [6.07, 6.45) is 5.84.